The second kappa shape index (κ2) is 7.53. The molecule has 0 spiro atoms. The van der Waals surface area contributed by atoms with Crippen LogP contribution in [0.5, 0.6) is 0 Å². The first-order valence-electron chi connectivity index (χ1n) is 6.78. The van der Waals surface area contributed by atoms with Crippen molar-refractivity contribution >= 4 is 12.0 Å². The smallest absolute Gasteiger partial charge is 0.317 e. The number of urea groups is 1. The van der Waals surface area contributed by atoms with Gasteiger partial charge < -0.3 is 15.3 Å². The summed E-state index contributed by atoms with van der Waals surface area (Å²) in [4.78, 5) is 24.2. The Morgan fingerprint density at radius 1 is 1.35 bits per heavy atom. The summed E-state index contributed by atoms with van der Waals surface area (Å²) < 4.78 is 0. The maximum atomic E-state index is 12.1. The average Bonchev–Trinajstić information content (AvgIpc) is 2.39. The van der Waals surface area contributed by atoms with Crippen molar-refractivity contribution in [2.45, 2.75) is 33.2 Å². The highest BCUT2D eigenvalue weighted by atomic mass is 16.4. The molecule has 0 heterocycles. The van der Waals surface area contributed by atoms with E-state index >= 15 is 0 Å². The molecule has 2 amide bonds. The predicted molar refractivity (Wildman–Crippen MR) is 77.6 cm³/mol. The fourth-order valence-corrected chi connectivity index (χ4v) is 2.06. The van der Waals surface area contributed by atoms with Gasteiger partial charge in [-0.05, 0) is 31.9 Å². The second-order valence-corrected chi connectivity index (χ2v) is 4.75. The third-order valence-corrected chi connectivity index (χ3v) is 3.26. The first kappa shape index (κ1) is 16.0. The summed E-state index contributed by atoms with van der Waals surface area (Å²) >= 11 is 0. The Bertz CT molecular complexity index is 474. The molecule has 0 radical (unpaired) electrons. The van der Waals surface area contributed by atoms with E-state index < -0.39 is 5.97 Å². The first-order chi connectivity index (χ1) is 9.45. The number of carbonyl (C=O) groups is 2. The van der Waals surface area contributed by atoms with E-state index in [1.165, 1.54) is 4.90 Å². The SMILES string of the molecule is CCN(CCC(=O)O)C(=O)NC(C)c1ccccc1C. The van der Waals surface area contributed by atoms with E-state index in [1.54, 1.807) is 0 Å². The molecule has 0 aliphatic heterocycles. The minimum atomic E-state index is -0.900. The Balaban J connectivity index is 2.64. The number of aliphatic carboxylic acids is 1. The third-order valence-electron chi connectivity index (χ3n) is 3.26. The van der Waals surface area contributed by atoms with Gasteiger partial charge in [-0.2, -0.15) is 0 Å². The van der Waals surface area contributed by atoms with Gasteiger partial charge in [-0.15, -0.1) is 0 Å². The van der Waals surface area contributed by atoms with Crippen molar-refractivity contribution < 1.29 is 14.7 Å². The van der Waals surface area contributed by atoms with Crippen molar-refractivity contribution in [1.29, 1.82) is 0 Å². The van der Waals surface area contributed by atoms with Gasteiger partial charge in [0.2, 0.25) is 0 Å². The summed E-state index contributed by atoms with van der Waals surface area (Å²) in [5.74, 6) is -0.900. The molecule has 0 bridgehead atoms. The Hall–Kier alpha value is -2.04. The lowest BCUT2D eigenvalue weighted by atomic mass is 10.0. The number of nitrogens with zero attached hydrogens (tertiary/aromatic N) is 1. The summed E-state index contributed by atoms with van der Waals surface area (Å²) in [7, 11) is 0. The largest absolute Gasteiger partial charge is 0.481 e. The van der Waals surface area contributed by atoms with Crippen LogP contribution in [0.15, 0.2) is 24.3 Å². The number of nitrogens with one attached hydrogen (secondary N) is 1. The number of carbonyl (C=O) groups excluding carboxylic acids is 1. The summed E-state index contributed by atoms with van der Waals surface area (Å²) in [6.45, 7) is 6.46. The van der Waals surface area contributed by atoms with Crippen LogP contribution < -0.4 is 5.32 Å². The molecule has 5 nitrogen and oxygen atoms in total. The summed E-state index contributed by atoms with van der Waals surface area (Å²) in [6, 6.07) is 7.53. The topological polar surface area (TPSA) is 69.6 Å². The fraction of sp³-hybridized carbons (Fsp3) is 0.467. The molecule has 0 aliphatic carbocycles. The number of carboxylic acids is 1. The zero-order chi connectivity index (χ0) is 15.1. The molecule has 110 valence electrons. The van der Waals surface area contributed by atoms with Gasteiger partial charge in [0.15, 0.2) is 0 Å². The molecule has 2 N–H and O–H groups in total. The van der Waals surface area contributed by atoms with Crippen molar-refractivity contribution in [1.82, 2.24) is 10.2 Å². The number of hydrogen-bond donors (Lipinski definition) is 2. The number of carboxylic acid groups (broad SMARTS) is 1. The van der Waals surface area contributed by atoms with Crippen LogP contribution in [0.4, 0.5) is 4.79 Å². The van der Waals surface area contributed by atoms with E-state index in [4.69, 9.17) is 5.11 Å². The lowest BCUT2D eigenvalue weighted by molar-refractivity contribution is -0.137. The van der Waals surface area contributed by atoms with Crippen molar-refractivity contribution in [3.63, 3.8) is 0 Å². The molecule has 0 aromatic heterocycles. The molecule has 20 heavy (non-hydrogen) atoms. The molecular weight excluding hydrogens is 256 g/mol. The molecule has 1 atom stereocenters. The Morgan fingerprint density at radius 2 is 2.00 bits per heavy atom. The molecule has 1 aromatic carbocycles. The summed E-state index contributed by atoms with van der Waals surface area (Å²) in [5.41, 5.74) is 2.18. The number of amides is 2. The fourth-order valence-electron chi connectivity index (χ4n) is 2.06. The van der Waals surface area contributed by atoms with Gasteiger partial charge in [0, 0.05) is 13.1 Å². The minimum absolute atomic E-state index is 0.0417. The monoisotopic (exact) mass is 278 g/mol. The van der Waals surface area contributed by atoms with E-state index in [2.05, 4.69) is 5.32 Å². The number of benzene rings is 1. The number of hydrogen-bond acceptors (Lipinski definition) is 2. The Kier molecular flexibility index (Phi) is 6.03. The molecule has 1 rings (SSSR count). The standard InChI is InChI=1S/C15H22N2O3/c1-4-17(10-9-14(18)19)15(20)16-12(3)13-8-6-5-7-11(13)2/h5-8,12H,4,9-10H2,1-3H3,(H,16,20)(H,18,19). The quantitative estimate of drug-likeness (QED) is 0.840. The summed E-state index contributed by atoms with van der Waals surface area (Å²) in [6.07, 6.45) is -0.0417. The predicted octanol–water partition coefficient (Wildman–Crippen LogP) is 2.56. The van der Waals surface area contributed by atoms with Crippen LogP contribution in [-0.4, -0.2) is 35.1 Å². The molecule has 1 aromatic rings. The highest BCUT2D eigenvalue weighted by Gasteiger charge is 2.16. The Morgan fingerprint density at radius 3 is 2.55 bits per heavy atom. The van der Waals surface area contributed by atoms with Gasteiger partial charge in [0.25, 0.3) is 0 Å². The summed E-state index contributed by atoms with van der Waals surface area (Å²) in [5, 5.41) is 11.6. The van der Waals surface area contributed by atoms with Crippen LogP contribution in [0, 0.1) is 6.92 Å². The molecule has 0 aliphatic rings. The van der Waals surface area contributed by atoms with E-state index in [1.807, 2.05) is 45.0 Å². The van der Waals surface area contributed by atoms with Gasteiger partial charge >= 0.3 is 12.0 Å². The van der Waals surface area contributed by atoms with Gasteiger partial charge in [-0.1, -0.05) is 24.3 Å². The van der Waals surface area contributed by atoms with Gasteiger partial charge in [-0.25, -0.2) is 4.79 Å². The van der Waals surface area contributed by atoms with E-state index in [9.17, 15) is 9.59 Å². The molecule has 0 fully saturated rings. The van der Waals surface area contributed by atoms with E-state index in [-0.39, 0.29) is 25.0 Å². The van der Waals surface area contributed by atoms with Crippen LogP contribution in [0.3, 0.4) is 0 Å². The van der Waals surface area contributed by atoms with Crippen LogP contribution >= 0.6 is 0 Å². The molecule has 0 saturated heterocycles. The average molecular weight is 278 g/mol. The molecule has 1 unspecified atom stereocenters. The van der Waals surface area contributed by atoms with Crippen LogP contribution in [0.25, 0.3) is 0 Å². The van der Waals surface area contributed by atoms with Gasteiger partial charge in [0.1, 0.15) is 0 Å². The first-order valence-corrected chi connectivity index (χ1v) is 6.78. The number of rotatable bonds is 6. The van der Waals surface area contributed by atoms with Gasteiger partial charge in [0.05, 0.1) is 12.5 Å². The maximum absolute atomic E-state index is 12.1. The molecular formula is C15H22N2O3. The Labute approximate surface area is 119 Å². The van der Waals surface area contributed by atoms with Crippen LogP contribution in [0.2, 0.25) is 0 Å². The van der Waals surface area contributed by atoms with Crippen molar-refractivity contribution in [2.24, 2.45) is 0 Å². The zero-order valence-corrected chi connectivity index (χ0v) is 12.2. The number of aryl methyl sites for hydroxylation is 1. The lowest BCUT2D eigenvalue weighted by Crippen LogP contribution is -2.42. The van der Waals surface area contributed by atoms with Crippen LogP contribution in [-0.2, 0) is 4.79 Å². The van der Waals surface area contributed by atoms with Crippen molar-refractivity contribution in [3.05, 3.63) is 35.4 Å². The highest BCUT2D eigenvalue weighted by Crippen LogP contribution is 2.16. The van der Waals surface area contributed by atoms with E-state index in [0.29, 0.717) is 6.54 Å². The second-order valence-electron chi connectivity index (χ2n) is 4.75. The molecule has 5 heteroatoms. The van der Waals surface area contributed by atoms with Gasteiger partial charge in [-0.3, -0.25) is 4.79 Å². The van der Waals surface area contributed by atoms with Crippen LogP contribution in [0.1, 0.15) is 37.4 Å². The zero-order valence-electron chi connectivity index (χ0n) is 12.2. The highest BCUT2D eigenvalue weighted by molar-refractivity contribution is 5.75. The normalized spacial score (nSPS) is 11.8. The minimum Gasteiger partial charge on any atom is -0.481 e. The third kappa shape index (κ3) is 4.57. The lowest BCUT2D eigenvalue weighted by Gasteiger charge is -2.24. The van der Waals surface area contributed by atoms with E-state index in [0.717, 1.165) is 11.1 Å². The van der Waals surface area contributed by atoms with Crippen molar-refractivity contribution in [3.8, 4) is 0 Å². The van der Waals surface area contributed by atoms with Crippen molar-refractivity contribution in [2.75, 3.05) is 13.1 Å². The molecule has 0 saturated carbocycles. The maximum Gasteiger partial charge on any atom is 0.317 e.